The predicted molar refractivity (Wildman–Crippen MR) is 115 cm³/mol. The molecule has 0 aromatic carbocycles. The van der Waals surface area contributed by atoms with Gasteiger partial charge in [0.1, 0.15) is 0 Å². The van der Waals surface area contributed by atoms with E-state index in [4.69, 9.17) is 0 Å². The van der Waals surface area contributed by atoms with E-state index in [2.05, 4.69) is 24.4 Å². The van der Waals surface area contributed by atoms with Crippen molar-refractivity contribution in [1.29, 1.82) is 0 Å². The zero-order chi connectivity index (χ0) is 20.5. The lowest BCUT2D eigenvalue weighted by atomic mass is 10.1. The second-order valence-corrected chi connectivity index (χ2v) is 7.54. The summed E-state index contributed by atoms with van der Waals surface area (Å²) in [5, 5.41) is 2.54. The molecule has 0 unspecified atom stereocenters. The van der Waals surface area contributed by atoms with Gasteiger partial charge < -0.3 is 5.32 Å². The van der Waals surface area contributed by atoms with Crippen molar-refractivity contribution in [2.24, 2.45) is 0 Å². The third-order valence-electron chi connectivity index (χ3n) is 4.89. The van der Waals surface area contributed by atoms with E-state index < -0.39 is 0 Å². The number of carbonyl (C=O) groups excluding carboxylic acids is 3. The summed E-state index contributed by atoms with van der Waals surface area (Å²) in [6.45, 7) is 2.25. The maximum atomic E-state index is 11.8. The van der Waals surface area contributed by atoms with E-state index in [1.165, 1.54) is 76.0 Å². The second kappa shape index (κ2) is 16.0. The lowest BCUT2D eigenvalue weighted by molar-refractivity contribution is -0.122. The number of rotatable bonds is 16. The Kier molecular flexibility index (Phi) is 13.8. The normalized spacial score (nSPS) is 14.0. The smallest absolute Gasteiger partial charge is 0.224 e. The van der Waals surface area contributed by atoms with Gasteiger partial charge in [-0.25, -0.2) is 0 Å². The van der Waals surface area contributed by atoms with Crippen LogP contribution in [-0.2, 0) is 14.4 Å². The van der Waals surface area contributed by atoms with Crippen molar-refractivity contribution in [2.75, 3.05) is 0 Å². The van der Waals surface area contributed by atoms with Crippen LogP contribution >= 0.6 is 0 Å². The standard InChI is InChI=1S/C24H37NO3/c1-2-3-4-5-6-7-8-9-10-11-12-13-14-15-16-17-24(28)25-22-20-21(26)18-19-23(22)27/h9-10,18-20H,2-8,11-17H2,1H3,(H,25,28)/b10-9-. The van der Waals surface area contributed by atoms with Crippen LogP contribution in [0, 0.1) is 0 Å². The van der Waals surface area contributed by atoms with Crippen molar-refractivity contribution in [2.45, 2.75) is 96.8 Å². The summed E-state index contributed by atoms with van der Waals surface area (Å²) >= 11 is 0. The first kappa shape index (κ1) is 24.1. The molecule has 0 spiro atoms. The van der Waals surface area contributed by atoms with Crippen LogP contribution in [-0.4, -0.2) is 17.5 Å². The second-order valence-electron chi connectivity index (χ2n) is 7.54. The third-order valence-corrected chi connectivity index (χ3v) is 4.89. The highest BCUT2D eigenvalue weighted by molar-refractivity contribution is 6.18. The van der Waals surface area contributed by atoms with E-state index >= 15 is 0 Å². The van der Waals surface area contributed by atoms with E-state index in [1.54, 1.807) is 0 Å². The Morgan fingerprint density at radius 3 is 2.04 bits per heavy atom. The molecule has 0 aromatic rings. The van der Waals surface area contributed by atoms with Crippen molar-refractivity contribution in [3.8, 4) is 0 Å². The summed E-state index contributed by atoms with van der Waals surface area (Å²) in [5.74, 6) is -0.784. The molecule has 0 aromatic heterocycles. The highest BCUT2D eigenvalue weighted by atomic mass is 16.2. The van der Waals surface area contributed by atoms with Crippen LogP contribution in [0.5, 0.6) is 0 Å². The van der Waals surface area contributed by atoms with Gasteiger partial charge in [0, 0.05) is 12.5 Å². The summed E-state index contributed by atoms with van der Waals surface area (Å²) in [4.78, 5) is 34.6. The van der Waals surface area contributed by atoms with Gasteiger partial charge in [-0.2, -0.15) is 0 Å². The van der Waals surface area contributed by atoms with Crippen LogP contribution < -0.4 is 5.32 Å². The van der Waals surface area contributed by atoms with E-state index in [-0.39, 0.29) is 23.2 Å². The molecule has 0 heterocycles. The molecule has 4 nitrogen and oxygen atoms in total. The number of unbranched alkanes of at least 4 members (excludes halogenated alkanes) is 11. The Hall–Kier alpha value is -1.97. The molecule has 28 heavy (non-hydrogen) atoms. The molecule has 0 aliphatic heterocycles. The van der Waals surface area contributed by atoms with Gasteiger partial charge in [0.05, 0.1) is 5.70 Å². The van der Waals surface area contributed by atoms with Crippen LogP contribution in [0.2, 0.25) is 0 Å². The number of amides is 1. The van der Waals surface area contributed by atoms with Gasteiger partial charge in [0.25, 0.3) is 0 Å². The zero-order valence-corrected chi connectivity index (χ0v) is 17.5. The van der Waals surface area contributed by atoms with E-state index in [9.17, 15) is 14.4 Å². The molecule has 1 N–H and O–H groups in total. The van der Waals surface area contributed by atoms with Crippen LogP contribution in [0.1, 0.15) is 96.8 Å². The van der Waals surface area contributed by atoms with Crippen molar-refractivity contribution >= 4 is 17.5 Å². The molecule has 0 bridgehead atoms. The zero-order valence-electron chi connectivity index (χ0n) is 17.5. The molecule has 0 atom stereocenters. The Balaban J connectivity index is 1.91. The first-order valence-corrected chi connectivity index (χ1v) is 11.1. The Labute approximate surface area is 170 Å². The average Bonchev–Trinajstić information content (AvgIpc) is 2.67. The summed E-state index contributed by atoms with van der Waals surface area (Å²) in [7, 11) is 0. The summed E-state index contributed by atoms with van der Waals surface area (Å²) in [6, 6.07) is 0. The molecule has 1 aliphatic rings. The van der Waals surface area contributed by atoms with Crippen LogP contribution in [0.3, 0.4) is 0 Å². The topological polar surface area (TPSA) is 63.2 Å². The number of allylic oxidation sites excluding steroid dienone is 5. The molecule has 1 aliphatic carbocycles. The minimum Gasteiger partial charge on any atom is -0.323 e. The molecular weight excluding hydrogens is 350 g/mol. The Morgan fingerprint density at radius 1 is 0.821 bits per heavy atom. The van der Waals surface area contributed by atoms with Crippen LogP contribution in [0.15, 0.2) is 36.1 Å². The van der Waals surface area contributed by atoms with Crippen LogP contribution in [0.25, 0.3) is 0 Å². The fourth-order valence-electron chi connectivity index (χ4n) is 3.18. The summed E-state index contributed by atoms with van der Waals surface area (Å²) < 4.78 is 0. The SMILES string of the molecule is CCCCCCCC/C=C\CCCCCCCC(=O)NC1=CC(=O)C=CC1=O. The number of hydrogen-bond donors (Lipinski definition) is 1. The number of hydrogen-bond acceptors (Lipinski definition) is 3. The van der Waals surface area contributed by atoms with Gasteiger partial charge >= 0.3 is 0 Å². The summed E-state index contributed by atoms with van der Waals surface area (Å²) in [5.41, 5.74) is 0.0882. The molecule has 0 radical (unpaired) electrons. The van der Waals surface area contributed by atoms with Crippen molar-refractivity contribution < 1.29 is 14.4 Å². The molecule has 0 saturated heterocycles. The minimum absolute atomic E-state index is 0.0882. The molecular formula is C24H37NO3. The average molecular weight is 388 g/mol. The first-order valence-electron chi connectivity index (χ1n) is 11.1. The van der Waals surface area contributed by atoms with Gasteiger partial charge in [0.15, 0.2) is 5.78 Å². The van der Waals surface area contributed by atoms with Gasteiger partial charge in [-0.1, -0.05) is 70.4 Å². The predicted octanol–water partition coefficient (Wildman–Crippen LogP) is 5.73. The van der Waals surface area contributed by atoms with Gasteiger partial charge in [-0.05, 0) is 44.3 Å². The van der Waals surface area contributed by atoms with Gasteiger partial charge in [0.2, 0.25) is 11.7 Å². The fourth-order valence-corrected chi connectivity index (χ4v) is 3.18. The fraction of sp³-hybridized carbons (Fsp3) is 0.625. The number of carbonyl (C=O) groups is 3. The van der Waals surface area contributed by atoms with E-state index in [0.717, 1.165) is 25.7 Å². The van der Waals surface area contributed by atoms with E-state index in [1.807, 2.05) is 0 Å². The van der Waals surface area contributed by atoms with Crippen LogP contribution in [0.4, 0.5) is 0 Å². The molecule has 0 saturated carbocycles. The maximum absolute atomic E-state index is 11.8. The lowest BCUT2D eigenvalue weighted by Crippen LogP contribution is -2.28. The van der Waals surface area contributed by atoms with Gasteiger partial charge in [-0.15, -0.1) is 0 Å². The molecule has 0 fully saturated rings. The minimum atomic E-state index is -0.322. The monoisotopic (exact) mass is 387 g/mol. The largest absolute Gasteiger partial charge is 0.323 e. The van der Waals surface area contributed by atoms with Crippen molar-refractivity contribution in [3.05, 3.63) is 36.1 Å². The number of nitrogens with one attached hydrogen (secondary N) is 1. The molecule has 156 valence electrons. The first-order chi connectivity index (χ1) is 13.6. The van der Waals surface area contributed by atoms with Gasteiger partial charge in [-0.3, -0.25) is 14.4 Å². The lowest BCUT2D eigenvalue weighted by Gasteiger charge is -2.08. The highest BCUT2D eigenvalue weighted by Gasteiger charge is 2.15. The van der Waals surface area contributed by atoms with Crippen molar-refractivity contribution in [1.82, 2.24) is 5.32 Å². The molecule has 1 amide bonds. The number of ketones is 2. The Bertz CT molecular complexity index is 572. The quantitative estimate of drug-likeness (QED) is 0.209. The Morgan fingerprint density at radius 2 is 1.39 bits per heavy atom. The molecule has 4 heteroatoms. The van der Waals surface area contributed by atoms with Crippen molar-refractivity contribution in [3.63, 3.8) is 0 Å². The van der Waals surface area contributed by atoms with E-state index in [0.29, 0.717) is 6.42 Å². The highest BCUT2D eigenvalue weighted by Crippen LogP contribution is 2.10. The maximum Gasteiger partial charge on any atom is 0.224 e. The summed E-state index contributed by atoms with van der Waals surface area (Å²) in [6.07, 6.45) is 24.4. The third kappa shape index (κ3) is 12.4. The molecule has 1 rings (SSSR count).